The molecule has 1 heterocycles. The van der Waals surface area contributed by atoms with Crippen molar-refractivity contribution in [2.75, 3.05) is 13.2 Å². The van der Waals surface area contributed by atoms with Gasteiger partial charge in [0.1, 0.15) is 10.7 Å². The lowest BCUT2D eigenvalue weighted by atomic mass is 10.1. The first-order valence-electron chi connectivity index (χ1n) is 8.21. The second-order valence-electron chi connectivity index (χ2n) is 5.86. The summed E-state index contributed by atoms with van der Waals surface area (Å²) in [6.45, 7) is 2.13. The van der Waals surface area contributed by atoms with Gasteiger partial charge in [-0.2, -0.15) is 0 Å². The van der Waals surface area contributed by atoms with Gasteiger partial charge in [-0.25, -0.2) is 9.18 Å². The van der Waals surface area contributed by atoms with Crippen LogP contribution in [0.15, 0.2) is 48.5 Å². The van der Waals surface area contributed by atoms with Gasteiger partial charge in [-0.3, -0.25) is 4.79 Å². The van der Waals surface area contributed by atoms with Crippen molar-refractivity contribution < 1.29 is 18.7 Å². The first-order chi connectivity index (χ1) is 12.5. The van der Waals surface area contributed by atoms with Crippen LogP contribution in [-0.2, 0) is 16.0 Å². The summed E-state index contributed by atoms with van der Waals surface area (Å²) in [6, 6.07) is 14.1. The van der Waals surface area contributed by atoms with E-state index in [1.54, 1.807) is 12.1 Å². The SMILES string of the molecule is Cc1ccccc1CCNC(=O)COC(=O)c1cc2c(F)cccc2s1. The molecule has 1 N–H and O–H groups in total. The summed E-state index contributed by atoms with van der Waals surface area (Å²) in [4.78, 5) is 24.2. The zero-order valence-electron chi connectivity index (χ0n) is 14.3. The van der Waals surface area contributed by atoms with Crippen molar-refractivity contribution >= 4 is 33.3 Å². The number of ether oxygens (including phenoxy) is 1. The third kappa shape index (κ3) is 4.26. The summed E-state index contributed by atoms with van der Waals surface area (Å²) in [7, 11) is 0. The number of fused-ring (bicyclic) bond motifs is 1. The van der Waals surface area contributed by atoms with E-state index in [9.17, 15) is 14.0 Å². The zero-order valence-corrected chi connectivity index (χ0v) is 15.1. The van der Waals surface area contributed by atoms with E-state index in [2.05, 4.69) is 5.32 Å². The molecular formula is C20H18FNO3S. The number of rotatable bonds is 6. The van der Waals surface area contributed by atoms with Crippen molar-refractivity contribution in [3.8, 4) is 0 Å². The fourth-order valence-electron chi connectivity index (χ4n) is 2.61. The molecule has 3 rings (SSSR count). The molecule has 0 saturated heterocycles. The highest BCUT2D eigenvalue weighted by molar-refractivity contribution is 7.20. The lowest BCUT2D eigenvalue weighted by molar-refractivity contribution is -0.124. The normalized spacial score (nSPS) is 10.7. The molecule has 0 aliphatic carbocycles. The molecule has 1 aromatic heterocycles. The lowest BCUT2D eigenvalue weighted by Gasteiger charge is -2.07. The van der Waals surface area contributed by atoms with Gasteiger partial charge in [0.05, 0.1) is 0 Å². The molecule has 0 spiro atoms. The van der Waals surface area contributed by atoms with Crippen LogP contribution in [0.1, 0.15) is 20.8 Å². The molecule has 0 saturated carbocycles. The van der Waals surface area contributed by atoms with Crippen LogP contribution in [-0.4, -0.2) is 25.0 Å². The molecule has 0 bridgehead atoms. The summed E-state index contributed by atoms with van der Waals surface area (Å²) < 4.78 is 19.4. The van der Waals surface area contributed by atoms with Crippen LogP contribution in [0, 0.1) is 12.7 Å². The monoisotopic (exact) mass is 371 g/mol. The number of esters is 1. The molecule has 0 unspecified atom stereocenters. The minimum Gasteiger partial charge on any atom is -0.451 e. The average Bonchev–Trinajstić information content (AvgIpc) is 3.07. The molecule has 0 radical (unpaired) electrons. The van der Waals surface area contributed by atoms with E-state index in [-0.39, 0.29) is 23.2 Å². The van der Waals surface area contributed by atoms with Crippen LogP contribution in [0.3, 0.4) is 0 Å². The average molecular weight is 371 g/mol. The van der Waals surface area contributed by atoms with Gasteiger partial charge in [-0.05, 0) is 42.7 Å². The molecule has 2 aromatic carbocycles. The molecule has 1 amide bonds. The quantitative estimate of drug-likeness (QED) is 0.670. The van der Waals surface area contributed by atoms with Crippen molar-refractivity contribution in [1.82, 2.24) is 5.32 Å². The number of amides is 1. The number of hydrogen-bond acceptors (Lipinski definition) is 4. The van der Waals surface area contributed by atoms with Crippen molar-refractivity contribution in [3.05, 3.63) is 70.4 Å². The molecular weight excluding hydrogens is 353 g/mol. The first-order valence-corrected chi connectivity index (χ1v) is 9.02. The second-order valence-corrected chi connectivity index (χ2v) is 6.95. The number of halogens is 1. The van der Waals surface area contributed by atoms with Crippen molar-refractivity contribution in [2.45, 2.75) is 13.3 Å². The van der Waals surface area contributed by atoms with Crippen molar-refractivity contribution in [3.63, 3.8) is 0 Å². The van der Waals surface area contributed by atoms with E-state index in [0.717, 1.165) is 16.9 Å². The smallest absolute Gasteiger partial charge is 0.348 e. The maximum absolute atomic E-state index is 13.7. The van der Waals surface area contributed by atoms with E-state index in [0.29, 0.717) is 23.1 Å². The molecule has 3 aromatic rings. The summed E-state index contributed by atoms with van der Waals surface area (Å²) >= 11 is 1.14. The van der Waals surface area contributed by atoms with Gasteiger partial charge in [0.25, 0.3) is 5.91 Å². The molecule has 0 aliphatic heterocycles. The molecule has 134 valence electrons. The third-order valence-corrected chi connectivity index (χ3v) is 5.10. The number of hydrogen-bond donors (Lipinski definition) is 1. The van der Waals surface area contributed by atoms with E-state index in [1.807, 2.05) is 31.2 Å². The summed E-state index contributed by atoms with van der Waals surface area (Å²) in [5, 5.41) is 3.11. The summed E-state index contributed by atoms with van der Waals surface area (Å²) in [5.74, 6) is -1.37. The number of nitrogens with one attached hydrogen (secondary N) is 1. The molecule has 0 aliphatic rings. The minimum absolute atomic E-state index is 0.276. The second kappa shape index (κ2) is 8.10. The van der Waals surface area contributed by atoms with Crippen LogP contribution in [0.2, 0.25) is 0 Å². The maximum Gasteiger partial charge on any atom is 0.348 e. The van der Waals surface area contributed by atoms with Gasteiger partial charge in [-0.1, -0.05) is 30.3 Å². The van der Waals surface area contributed by atoms with Crippen LogP contribution in [0.5, 0.6) is 0 Å². The Bertz CT molecular complexity index is 951. The van der Waals surface area contributed by atoms with E-state index in [1.165, 1.54) is 17.7 Å². The van der Waals surface area contributed by atoms with Gasteiger partial charge in [0, 0.05) is 16.6 Å². The minimum atomic E-state index is -0.625. The Labute approximate surface area is 154 Å². The van der Waals surface area contributed by atoms with Gasteiger partial charge in [0.2, 0.25) is 0 Å². The number of benzene rings is 2. The van der Waals surface area contributed by atoms with Crippen molar-refractivity contribution in [1.29, 1.82) is 0 Å². The van der Waals surface area contributed by atoms with Gasteiger partial charge in [-0.15, -0.1) is 11.3 Å². The highest BCUT2D eigenvalue weighted by atomic mass is 32.1. The Morgan fingerprint density at radius 2 is 1.96 bits per heavy atom. The number of aryl methyl sites for hydroxylation is 1. The highest BCUT2D eigenvalue weighted by Crippen LogP contribution is 2.28. The van der Waals surface area contributed by atoms with Gasteiger partial charge < -0.3 is 10.1 Å². The van der Waals surface area contributed by atoms with E-state index < -0.39 is 5.97 Å². The molecule has 4 nitrogen and oxygen atoms in total. The Morgan fingerprint density at radius 3 is 2.73 bits per heavy atom. The van der Waals surface area contributed by atoms with Gasteiger partial charge >= 0.3 is 5.97 Å². The predicted octanol–water partition coefficient (Wildman–Crippen LogP) is 3.86. The zero-order chi connectivity index (χ0) is 18.5. The Morgan fingerprint density at radius 1 is 1.15 bits per heavy atom. The standard InChI is InChI=1S/C20H18FNO3S/c1-13-5-2-3-6-14(13)9-10-22-19(23)12-25-20(24)18-11-15-16(21)7-4-8-17(15)26-18/h2-8,11H,9-10,12H2,1H3,(H,22,23). The van der Waals surface area contributed by atoms with Crippen LogP contribution in [0.4, 0.5) is 4.39 Å². The van der Waals surface area contributed by atoms with E-state index in [4.69, 9.17) is 4.74 Å². The largest absolute Gasteiger partial charge is 0.451 e. The number of thiophene rings is 1. The van der Waals surface area contributed by atoms with Crippen LogP contribution < -0.4 is 5.32 Å². The topological polar surface area (TPSA) is 55.4 Å². The Balaban J connectivity index is 1.48. The number of carbonyl (C=O) groups excluding carboxylic acids is 2. The summed E-state index contributed by atoms with van der Waals surface area (Å²) in [6.07, 6.45) is 0.710. The highest BCUT2D eigenvalue weighted by Gasteiger charge is 2.15. The van der Waals surface area contributed by atoms with E-state index >= 15 is 0 Å². The molecule has 26 heavy (non-hydrogen) atoms. The predicted molar refractivity (Wildman–Crippen MR) is 100.0 cm³/mol. The Hall–Kier alpha value is -2.73. The fourth-order valence-corrected chi connectivity index (χ4v) is 3.58. The lowest BCUT2D eigenvalue weighted by Crippen LogP contribution is -2.30. The van der Waals surface area contributed by atoms with Crippen LogP contribution in [0.25, 0.3) is 10.1 Å². The molecule has 6 heteroatoms. The number of carbonyl (C=O) groups is 2. The Kier molecular flexibility index (Phi) is 5.63. The molecule has 0 atom stereocenters. The fraction of sp³-hybridized carbons (Fsp3) is 0.200. The van der Waals surface area contributed by atoms with Gasteiger partial charge in [0.15, 0.2) is 6.61 Å². The van der Waals surface area contributed by atoms with Crippen molar-refractivity contribution in [2.24, 2.45) is 0 Å². The summed E-state index contributed by atoms with van der Waals surface area (Å²) in [5.41, 5.74) is 2.34. The van der Waals surface area contributed by atoms with Crippen LogP contribution >= 0.6 is 11.3 Å². The third-order valence-electron chi connectivity index (χ3n) is 4.02. The first kappa shape index (κ1) is 18.1. The maximum atomic E-state index is 13.7. The molecule has 0 fully saturated rings.